The van der Waals surface area contributed by atoms with Crippen LogP contribution in [0.3, 0.4) is 0 Å². The van der Waals surface area contributed by atoms with Crippen molar-refractivity contribution in [2.24, 2.45) is 11.0 Å². The van der Waals surface area contributed by atoms with Gasteiger partial charge in [-0.05, 0) is 102 Å². The van der Waals surface area contributed by atoms with E-state index in [9.17, 15) is 5.11 Å². The largest absolute Gasteiger partial charge is 0.390 e. The second-order valence-corrected chi connectivity index (χ2v) is 9.84. The summed E-state index contributed by atoms with van der Waals surface area (Å²) in [5.74, 6) is 0.354. The summed E-state index contributed by atoms with van der Waals surface area (Å²) >= 11 is 11.2. The quantitative estimate of drug-likeness (QED) is 0.216. The zero-order valence-electron chi connectivity index (χ0n) is 18.0. The molecule has 0 saturated heterocycles. The van der Waals surface area contributed by atoms with E-state index < -0.39 is 5.60 Å². The van der Waals surface area contributed by atoms with Crippen LogP contribution in [-0.4, -0.2) is 27.6 Å². The van der Waals surface area contributed by atoms with Crippen LogP contribution in [0.5, 0.6) is 0 Å². The molecule has 0 amide bonds. The summed E-state index contributed by atoms with van der Waals surface area (Å²) in [6.07, 6.45) is 9.79. The Hall–Kier alpha value is -1.43. The zero-order chi connectivity index (χ0) is 21.5. The molecule has 29 heavy (non-hydrogen) atoms. The fourth-order valence-electron chi connectivity index (χ4n) is 3.73. The second kappa shape index (κ2) is 10.6. The summed E-state index contributed by atoms with van der Waals surface area (Å²) < 4.78 is 0. The van der Waals surface area contributed by atoms with E-state index in [4.69, 9.17) is 23.8 Å². The Balaban J connectivity index is 1.74. The van der Waals surface area contributed by atoms with Crippen LogP contribution in [0.25, 0.3) is 0 Å². The van der Waals surface area contributed by atoms with Gasteiger partial charge in [-0.1, -0.05) is 35.4 Å². The Morgan fingerprint density at radius 2 is 1.97 bits per heavy atom. The van der Waals surface area contributed by atoms with Crippen molar-refractivity contribution >= 4 is 35.1 Å². The lowest BCUT2D eigenvalue weighted by Gasteiger charge is -2.36. The Morgan fingerprint density at radius 1 is 1.28 bits per heavy atom. The molecule has 0 heterocycles. The van der Waals surface area contributed by atoms with Crippen LogP contribution in [0.4, 0.5) is 0 Å². The number of hydrogen-bond donors (Lipinski definition) is 3. The van der Waals surface area contributed by atoms with Gasteiger partial charge in [-0.2, -0.15) is 5.10 Å². The SMILES string of the molecule is CC1=CC[C@@H]([C@@](C)(O)CCCC(C)(C)NC(=S)N/N=C\c2ccc(Cl)cc2)CC1. The van der Waals surface area contributed by atoms with Gasteiger partial charge in [0.25, 0.3) is 0 Å². The van der Waals surface area contributed by atoms with Crippen LogP contribution in [0.2, 0.25) is 5.02 Å². The number of benzene rings is 1. The fourth-order valence-corrected chi connectivity index (χ4v) is 4.19. The molecule has 1 aliphatic rings. The van der Waals surface area contributed by atoms with Gasteiger partial charge < -0.3 is 10.4 Å². The number of thiocarbonyl (C=S) groups is 1. The molecule has 4 nitrogen and oxygen atoms in total. The lowest BCUT2D eigenvalue weighted by Crippen LogP contribution is -2.47. The van der Waals surface area contributed by atoms with Gasteiger partial charge in [0.2, 0.25) is 0 Å². The molecule has 0 radical (unpaired) electrons. The van der Waals surface area contributed by atoms with Crippen LogP contribution in [-0.2, 0) is 0 Å². The highest BCUT2D eigenvalue weighted by Crippen LogP contribution is 2.35. The third-order valence-electron chi connectivity index (χ3n) is 5.70. The molecule has 0 fully saturated rings. The van der Waals surface area contributed by atoms with E-state index in [2.05, 4.69) is 42.7 Å². The van der Waals surface area contributed by atoms with Gasteiger partial charge in [0, 0.05) is 10.6 Å². The highest BCUT2D eigenvalue weighted by atomic mass is 35.5. The van der Waals surface area contributed by atoms with Gasteiger partial charge in [-0.15, -0.1) is 0 Å². The molecule has 1 aromatic carbocycles. The Kier molecular flexibility index (Phi) is 8.68. The molecule has 6 heteroatoms. The van der Waals surface area contributed by atoms with Crippen LogP contribution in [0.15, 0.2) is 41.0 Å². The van der Waals surface area contributed by atoms with Crippen molar-refractivity contribution in [3.63, 3.8) is 0 Å². The van der Waals surface area contributed by atoms with Crippen LogP contribution < -0.4 is 10.7 Å². The monoisotopic (exact) mass is 435 g/mol. The van der Waals surface area contributed by atoms with Crippen LogP contribution in [0, 0.1) is 5.92 Å². The molecule has 2 atom stereocenters. The van der Waals surface area contributed by atoms with Crippen molar-refractivity contribution in [3.05, 3.63) is 46.5 Å². The van der Waals surface area contributed by atoms with Crippen LogP contribution in [0.1, 0.15) is 71.8 Å². The van der Waals surface area contributed by atoms with Gasteiger partial charge in [0.1, 0.15) is 0 Å². The first-order chi connectivity index (χ1) is 13.6. The molecular weight excluding hydrogens is 402 g/mol. The predicted molar refractivity (Wildman–Crippen MR) is 128 cm³/mol. The molecule has 1 aliphatic carbocycles. The number of hydrazone groups is 1. The summed E-state index contributed by atoms with van der Waals surface area (Å²) in [4.78, 5) is 0. The summed E-state index contributed by atoms with van der Waals surface area (Å²) in [5, 5.41) is 19.6. The van der Waals surface area contributed by atoms with E-state index in [-0.39, 0.29) is 5.54 Å². The van der Waals surface area contributed by atoms with Gasteiger partial charge in [-0.25, -0.2) is 0 Å². The number of aliphatic hydroxyl groups is 1. The molecule has 2 rings (SSSR count). The molecule has 0 aliphatic heterocycles. The van der Waals surface area contributed by atoms with Gasteiger partial charge >= 0.3 is 0 Å². The van der Waals surface area contributed by atoms with E-state index in [0.717, 1.165) is 44.1 Å². The lowest BCUT2D eigenvalue weighted by atomic mass is 9.76. The minimum absolute atomic E-state index is 0.182. The number of allylic oxidation sites excluding steroid dienone is 2. The molecule has 160 valence electrons. The average molecular weight is 436 g/mol. The highest BCUT2D eigenvalue weighted by molar-refractivity contribution is 7.80. The first-order valence-electron chi connectivity index (χ1n) is 10.3. The van der Waals surface area contributed by atoms with Gasteiger partial charge in [0.05, 0.1) is 11.8 Å². The molecule has 3 N–H and O–H groups in total. The topological polar surface area (TPSA) is 56.6 Å². The first kappa shape index (κ1) is 23.8. The second-order valence-electron chi connectivity index (χ2n) is 8.99. The van der Waals surface area contributed by atoms with E-state index in [1.165, 1.54) is 5.57 Å². The zero-order valence-corrected chi connectivity index (χ0v) is 19.5. The fraction of sp³-hybridized carbons (Fsp3) is 0.565. The molecular formula is C23H34ClN3OS. The molecule has 0 unspecified atom stereocenters. The maximum Gasteiger partial charge on any atom is 0.187 e. The number of halogens is 1. The summed E-state index contributed by atoms with van der Waals surface area (Å²) in [5.41, 5.74) is 4.46. The predicted octanol–water partition coefficient (Wildman–Crippen LogP) is 5.58. The summed E-state index contributed by atoms with van der Waals surface area (Å²) in [6, 6.07) is 7.43. The van der Waals surface area contributed by atoms with Crippen molar-refractivity contribution < 1.29 is 5.11 Å². The standard InChI is InChI=1S/C23H34ClN3OS/c1-17-6-10-19(11-7-17)23(4,28)15-5-14-22(2,3)26-21(29)27-25-16-18-8-12-20(24)13-9-18/h6,8-9,12-13,16,19,28H,5,7,10-11,14-15H2,1-4H3,(H2,26,27,29)/b25-16-/t19-,23+/m1/s1. The summed E-state index contributed by atoms with van der Waals surface area (Å²) in [6.45, 7) is 8.40. The maximum absolute atomic E-state index is 10.9. The third kappa shape index (κ3) is 8.45. The van der Waals surface area contributed by atoms with Crippen LogP contribution >= 0.6 is 23.8 Å². The molecule has 0 bridgehead atoms. The van der Waals surface area contributed by atoms with Crippen molar-refractivity contribution in [3.8, 4) is 0 Å². The van der Waals surface area contributed by atoms with Gasteiger partial charge in [-0.3, -0.25) is 5.43 Å². The van der Waals surface area contributed by atoms with Crippen molar-refractivity contribution in [1.29, 1.82) is 0 Å². The minimum atomic E-state index is -0.616. The van der Waals surface area contributed by atoms with Crippen molar-refractivity contribution in [1.82, 2.24) is 10.7 Å². The number of rotatable bonds is 8. The van der Waals surface area contributed by atoms with E-state index in [1.807, 2.05) is 31.2 Å². The molecule has 0 saturated carbocycles. The van der Waals surface area contributed by atoms with E-state index >= 15 is 0 Å². The normalized spacial score (nSPS) is 19.5. The first-order valence-corrected chi connectivity index (χ1v) is 11.1. The molecule has 1 aromatic rings. The Morgan fingerprint density at radius 3 is 2.59 bits per heavy atom. The number of nitrogens with zero attached hydrogens (tertiary/aromatic N) is 1. The maximum atomic E-state index is 10.9. The van der Waals surface area contributed by atoms with Gasteiger partial charge in [0.15, 0.2) is 5.11 Å². The van der Waals surface area contributed by atoms with Crippen molar-refractivity contribution in [2.45, 2.75) is 77.4 Å². The number of nitrogens with one attached hydrogen (secondary N) is 2. The lowest BCUT2D eigenvalue weighted by molar-refractivity contribution is -0.0159. The highest BCUT2D eigenvalue weighted by Gasteiger charge is 2.32. The van der Waals surface area contributed by atoms with Crippen molar-refractivity contribution in [2.75, 3.05) is 0 Å². The minimum Gasteiger partial charge on any atom is -0.390 e. The Bertz CT molecular complexity index is 741. The third-order valence-corrected chi connectivity index (χ3v) is 6.15. The molecule has 0 spiro atoms. The smallest absolute Gasteiger partial charge is 0.187 e. The van der Waals surface area contributed by atoms with E-state index in [0.29, 0.717) is 16.1 Å². The average Bonchev–Trinajstić information content (AvgIpc) is 2.63. The number of hydrogen-bond acceptors (Lipinski definition) is 3. The molecule has 0 aromatic heterocycles. The Labute approximate surface area is 185 Å². The van der Waals surface area contributed by atoms with E-state index in [1.54, 1.807) is 6.21 Å². The summed E-state index contributed by atoms with van der Waals surface area (Å²) in [7, 11) is 0.